The van der Waals surface area contributed by atoms with E-state index < -0.39 is 5.25 Å². The standard InChI is InChI=1S/C22H18FN3O2S2/c1-13(19(27)24-11-14-5-3-2-4-6-14)30-22-25-20(28)18-17(12-29-21(18)26-22)15-7-9-16(23)10-8-15/h2-10,12-13H,11H2,1H3,(H,24,27)(H,25,26,28). The van der Waals surface area contributed by atoms with Crippen LogP contribution in [-0.4, -0.2) is 21.1 Å². The summed E-state index contributed by atoms with van der Waals surface area (Å²) in [7, 11) is 0. The van der Waals surface area contributed by atoms with E-state index in [-0.39, 0.29) is 17.3 Å². The van der Waals surface area contributed by atoms with Crippen LogP contribution in [0.1, 0.15) is 12.5 Å². The Hall–Kier alpha value is -2.97. The average molecular weight is 440 g/mol. The Morgan fingerprint density at radius 1 is 1.20 bits per heavy atom. The van der Waals surface area contributed by atoms with Gasteiger partial charge in [0.05, 0.1) is 10.6 Å². The van der Waals surface area contributed by atoms with E-state index in [1.165, 1.54) is 35.2 Å². The van der Waals surface area contributed by atoms with Gasteiger partial charge in [0.2, 0.25) is 5.91 Å². The minimum atomic E-state index is -0.425. The van der Waals surface area contributed by atoms with Gasteiger partial charge in [0.1, 0.15) is 10.6 Å². The lowest BCUT2D eigenvalue weighted by atomic mass is 10.1. The van der Waals surface area contributed by atoms with Crippen molar-refractivity contribution in [1.82, 2.24) is 15.3 Å². The van der Waals surface area contributed by atoms with Crippen LogP contribution in [0, 0.1) is 5.82 Å². The van der Waals surface area contributed by atoms with Crippen molar-refractivity contribution in [3.63, 3.8) is 0 Å². The third-order valence-electron chi connectivity index (χ3n) is 4.54. The van der Waals surface area contributed by atoms with Crippen LogP contribution in [0.3, 0.4) is 0 Å². The Labute approximate surface area is 180 Å². The number of carbonyl (C=O) groups is 1. The van der Waals surface area contributed by atoms with Gasteiger partial charge in [0.15, 0.2) is 5.16 Å². The molecule has 0 aliphatic heterocycles. The molecule has 0 spiro atoms. The summed E-state index contributed by atoms with van der Waals surface area (Å²) in [5, 5.41) is 5.17. The van der Waals surface area contributed by atoms with Crippen molar-refractivity contribution in [2.24, 2.45) is 0 Å². The molecule has 152 valence electrons. The monoisotopic (exact) mass is 439 g/mol. The number of H-pyrrole nitrogens is 1. The first-order chi connectivity index (χ1) is 14.5. The highest BCUT2D eigenvalue weighted by atomic mass is 32.2. The van der Waals surface area contributed by atoms with Crippen LogP contribution in [0.25, 0.3) is 21.3 Å². The fourth-order valence-electron chi connectivity index (χ4n) is 2.98. The highest BCUT2D eigenvalue weighted by Gasteiger charge is 2.18. The molecule has 1 atom stereocenters. The van der Waals surface area contributed by atoms with Crippen LogP contribution in [0.2, 0.25) is 0 Å². The van der Waals surface area contributed by atoms with E-state index in [9.17, 15) is 14.0 Å². The van der Waals surface area contributed by atoms with E-state index in [0.29, 0.717) is 27.5 Å². The number of hydrogen-bond acceptors (Lipinski definition) is 5. The number of thiophene rings is 1. The number of aromatic nitrogens is 2. The molecule has 1 unspecified atom stereocenters. The largest absolute Gasteiger partial charge is 0.351 e. The molecule has 0 saturated carbocycles. The summed E-state index contributed by atoms with van der Waals surface area (Å²) >= 11 is 2.55. The minimum Gasteiger partial charge on any atom is -0.351 e. The number of aromatic amines is 1. The lowest BCUT2D eigenvalue weighted by Crippen LogP contribution is -2.30. The lowest BCUT2D eigenvalue weighted by molar-refractivity contribution is -0.120. The zero-order valence-corrected chi connectivity index (χ0v) is 17.6. The van der Waals surface area contributed by atoms with Crippen molar-refractivity contribution >= 4 is 39.2 Å². The number of thioether (sulfide) groups is 1. The molecule has 2 heterocycles. The van der Waals surface area contributed by atoms with Crippen LogP contribution < -0.4 is 10.9 Å². The zero-order valence-electron chi connectivity index (χ0n) is 16.0. The van der Waals surface area contributed by atoms with Crippen molar-refractivity contribution in [3.8, 4) is 11.1 Å². The van der Waals surface area contributed by atoms with E-state index >= 15 is 0 Å². The topological polar surface area (TPSA) is 74.8 Å². The first-order valence-corrected chi connectivity index (χ1v) is 11.0. The van der Waals surface area contributed by atoms with Crippen molar-refractivity contribution in [3.05, 3.63) is 81.7 Å². The van der Waals surface area contributed by atoms with E-state index in [2.05, 4.69) is 15.3 Å². The van der Waals surface area contributed by atoms with Gasteiger partial charge in [-0.2, -0.15) is 0 Å². The number of amides is 1. The van der Waals surface area contributed by atoms with Crippen LogP contribution >= 0.6 is 23.1 Å². The van der Waals surface area contributed by atoms with Crippen molar-refractivity contribution < 1.29 is 9.18 Å². The van der Waals surface area contributed by atoms with Crippen LogP contribution in [0.15, 0.2) is 69.9 Å². The molecule has 4 aromatic rings. The maximum atomic E-state index is 13.2. The quantitative estimate of drug-likeness (QED) is 0.340. The Kier molecular flexibility index (Phi) is 5.96. The molecule has 0 bridgehead atoms. The molecular formula is C22H18FN3O2S2. The van der Waals surface area contributed by atoms with E-state index in [1.807, 2.05) is 35.7 Å². The second kappa shape index (κ2) is 8.81. The maximum absolute atomic E-state index is 13.2. The van der Waals surface area contributed by atoms with Gasteiger partial charge in [-0.15, -0.1) is 11.3 Å². The normalized spacial score (nSPS) is 12.1. The molecule has 0 radical (unpaired) electrons. The van der Waals surface area contributed by atoms with E-state index in [4.69, 9.17) is 0 Å². The summed E-state index contributed by atoms with van der Waals surface area (Å²) in [6.45, 7) is 2.22. The van der Waals surface area contributed by atoms with Crippen LogP contribution in [0.4, 0.5) is 4.39 Å². The van der Waals surface area contributed by atoms with Crippen LogP contribution in [0.5, 0.6) is 0 Å². The number of benzene rings is 2. The first-order valence-electron chi connectivity index (χ1n) is 9.27. The lowest BCUT2D eigenvalue weighted by Gasteiger charge is -2.11. The second-order valence-electron chi connectivity index (χ2n) is 6.67. The smallest absolute Gasteiger partial charge is 0.260 e. The molecule has 0 aliphatic rings. The van der Waals surface area contributed by atoms with Crippen molar-refractivity contribution in [1.29, 1.82) is 0 Å². The highest BCUT2D eigenvalue weighted by Crippen LogP contribution is 2.32. The first kappa shape index (κ1) is 20.3. The number of rotatable bonds is 6. The summed E-state index contributed by atoms with van der Waals surface area (Å²) in [5.74, 6) is -0.465. The summed E-state index contributed by atoms with van der Waals surface area (Å²) < 4.78 is 13.2. The van der Waals surface area contributed by atoms with E-state index in [0.717, 1.165) is 11.1 Å². The van der Waals surface area contributed by atoms with E-state index in [1.54, 1.807) is 19.1 Å². The van der Waals surface area contributed by atoms with Gasteiger partial charge in [0.25, 0.3) is 5.56 Å². The van der Waals surface area contributed by atoms with Gasteiger partial charge in [0, 0.05) is 17.5 Å². The molecule has 4 rings (SSSR count). The summed E-state index contributed by atoms with van der Waals surface area (Å²) in [6, 6.07) is 15.7. The molecule has 2 aromatic carbocycles. The fraction of sp³-hybridized carbons (Fsp3) is 0.136. The SMILES string of the molecule is CC(Sc1nc2scc(-c3ccc(F)cc3)c2c(=O)[nH]1)C(=O)NCc1ccccc1. The summed E-state index contributed by atoms with van der Waals surface area (Å²) in [4.78, 5) is 33.0. The summed E-state index contributed by atoms with van der Waals surface area (Å²) in [6.07, 6.45) is 0. The van der Waals surface area contributed by atoms with Gasteiger partial charge in [-0.05, 0) is 30.2 Å². The fourth-order valence-corrected chi connectivity index (χ4v) is 4.80. The highest BCUT2D eigenvalue weighted by molar-refractivity contribution is 8.00. The molecule has 2 aromatic heterocycles. The Bertz CT molecular complexity index is 1240. The second-order valence-corrected chi connectivity index (χ2v) is 8.86. The number of nitrogens with one attached hydrogen (secondary N) is 2. The molecule has 0 fully saturated rings. The van der Waals surface area contributed by atoms with Gasteiger partial charge < -0.3 is 10.3 Å². The number of halogens is 1. The Morgan fingerprint density at radius 2 is 1.93 bits per heavy atom. The van der Waals surface area contributed by atoms with Gasteiger partial charge in [-0.25, -0.2) is 9.37 Å². The van der Waals surface area contributed by atoms with Crippen molar-refractivity contribution in [2.75, 3.05) is 0 Å². The number of fused-ring (bicyclic) bond motifs is 1. The molecule has 0 saturated heterocycles. The van der Waals surface area contributed by atoms with Gasteiger partial charge >= 0.3 is 0 Å². The number of hydrogen-bond donors (Lipinski definition) is 2. The molecule has 0 aliphatic carbocycles. The van der Waals surface area contributed by atoms with Gasteiger partial charge in [-0.1, -0.05) is 54.2 Å². The molecule has 30 heavy (non-hydrogen) atoms. The number of nitrogens with zero attached hydrogens (tertiary/aromatic N) is 1. The Morgan fingerprint density at radius 3 is 2.67 bits per heavy atom. The average Bonchev–Trinajstić information content (AvgIpc) is 3.18. The zero-order chi connectivity index (χ0) is 21.1. The molecule has 8 heteroatoms. The Balaban J connectivity index is 1.50. The predicted molar refractivity (Wildman–Crippen MR) is 119 cm³/mol. The minimum absolute atomic E-state index is 0.134. The predicted octanol–water partition coefficient (Wildman–Crippen LogP) is 4.59. The molecule has 2 N–H and O–H groups in total. The molecule has 5 nitrogen and oxygen atoms in total. The third kappa shape index (κ3) is 4.44. The summed E-state index contributed by atoms with van der Waals surface area (Å²) in [5.41, 5.74) is 2.21. The molecular weight excluding hydrogens is 421 g/mol. The third-order valence-corrected chi connectivity index (χ3v) is 6.40. The van der Waals surface area contributed by atoms with Crippen molar-refractivity contribution in [2.45, 2.75) is 23.9 Å². The number of carbonyl (C=O) groups excluding carboxylic acids is 1. The van der Waals surface area contributed by atoms with Gasteiger partial charge in [-0.3, -0.25) is 9.59 Å². The maximum Gasteiger partial charge on any atom is 0.260 e. The molecule has 1 amide bonds. The van der Waals surface area contributed by atoms with Crippen LogP contribution in [-0.2, 0) is 11.3 Å².